The minimum Gasteiger partial charge on any atom is -0.220 e. The highest BCUT2D eigenvalue weighted by Crippen LogP contribution is 1.71. The van der Waals surface area contributed by atoms with Crippen LogP contribution in [0.3, 0.4) is 0 Å². The molecule has 1 nitrogen and oxygen atoms in total. The van der Waals surface area contributed by atoms with E-state index >= 15 is 0 Å². The maximum atomic E-state index is 3.42. The number of halogens is 1. The van der Waals surface area contributed by atoms with Crippen LogP contribution in [0.4, 0.5) is 0 Å². The van der Waals surface area contributed by atoms with Crippen LogP contribution in [0, 0.1) is 0 Å². The zero-order valence-corrected chi connectivity index (χ0v) is 3.99. The molecule has 0 aromatic carbocycles. The average Bonchev–Trinajstić information content (AvgIpc) is 1.37. The molecule has 0 radical (unpaired) electrons. The zero-order chi connectivity index (χ0) is 3.41. The molecule has 4 heavy (non-hydrogen) atoms. The molecule has 0 aliphatic carbocycles. The monoisotopic (exact) mass is 121 g/mol. The fourth-order valence-corrected chi connectivity index (χ4v) is 0. The second-order valence-electron chi connectivity index (χ2n) is 0.356. The number of hydrogen-bond donors (Lipinski definition) is 0. The molecular formula is C2H4BrN. The molecule has 0 atom stereocenters. The highest BCUT2D eigenvalue weighted by Gasteiger charge is 1.36. The van der Waals surface area contributed by atoms with E-state index in [2.05, 4.69) is 20.2 Å². The molecular weight excluding hydrogens is 118 g/mol. The van der Waals surface area contributed by atoms with Crippen LogP contribution >= 0.6 is 16.1 Å². The van der Waals surface area contributed by atoms with Crippen LogP contribution in [0.25, 0.3) is 0 Å². The van der Waals surface area contributed by atoms with Crippen molar-refractivity contribution in [3.05, 3.63) is 0 Å². The summed E-state index contributed by atoms with van der Waals surface area (Å²) in [4.78, 5) is 0. The predicted molar refractivity (Wildman–Crippen MR) is 23.1 cm³/mol. The third-order valence-corrected chi connectivity index (χ3v) is 0.507. The summed E-state index contributed by atoms with van der Waals surface area (Å²) in [5, 5.41) is 0. The third-order valence-electron chi connectivity index (χ3n) is 0.0976. The van der Waals surface area contributed by atoms with Gasteiger partial charge in [-0.3, -0.25) is 0 Å². The largest absolute Gasteiger partial charge is 0.220 e. The molecule has 0 unspecified atom stereocenters. The molecule has 0 aliphatic heterocycles. The van der Waals surface area contributed by atoms with Crippen LogP contribution in [-0.2, 0) is 0 Å². The number of rotatable bonds is 0. The van der Waals surface area contributed by atoms with Gasteiger partial charge in [-0.25, -0.2) is 4.02 Å². The quantitative estimate of drug-likeness (QED) is 0.430. The summed E-state index contributed by atoms with van der Waals surface area (Å²) in [5.74, 6) is 0. The molecule has 0 saturated carbocycles. The van der Waals surface area contributed by atoms with E-state index in [1.165, 1.54) is 0 Å². The Labute approximate surface area is 34.1 Å². The topological polar surface area (TPSA) is 12.4 Å². The molecule has 2 heteroatoms. The lowest BCUT2D eigenvalue weighted by Crippen LogP contribution is -1.38. The van der Waals surface area contributed by atoms with Gasteiger partial charge < -0.3 is 0 Å². The van der Waals surface area contributed by atoms with Gasteiger partial charge in [-0.2, -0.15) is 0 Å². The summed E-state index contributed by atoms with van der Waals surface area (Å²) in [7, 11) is 0. The van der Waals surface area contributed by atoms with Crippen LogP contribution in [0.15, 0.2) is 4.02 Å². The highest BCUT2D eigenvalue weighted by atomic mass is 79.9. The summed E-state index contributed by atoms with van der Waals surface area (Å²) in [5.41, 5.74) is 0. The molecule has 0 spiro atoms. The van der Waals surface area contributed by atoms with Gasteiger partial charge in [0, 0.05) is 6.21 Å². The smallest absolute Gasteiger partial charge is 0.0729 e. The van der Waals surface area contributed by atoms with E-state index in [4.69, 9.17) is 0 Å². The molecule has 0 rings (SSSR count). The Morgan fingerprint density at radius 2 is 2.25 bits per heavy atom. The van der Waals surface area contributed by atoms with E-state index in [9.17, 15) is 0 Å². The van der Waals surface area contributed by atoms with Gasteiger partial charge in [-0.1, -0.05) is 0 Å². The second-order valence-corrected chi connectivity index (χ2v) is 0.765. The average molecular weight is 122 g/mol. The third kappa shape index (κ3) is 2.15. The van der Waals surface area contributed by atoms with Gasteiger partial charge in [0.1, 0.15) is 0 Å². The Morgan fingerprint density at radius 3 is 2.25 bits per heavy atom. The lowest BCUT2D eigenvalue weighted by molar-refractivity contribution is 1.92. The van der Waals surface area contributed by atoms with E-state index in [1.807, 2.05) is 6.92 Å². The van der Waals surface area contributed by atoms with E-state index < -0.39 is 0 Å². The number of nitrogens with zero attached hydrogens (tertiary/aromatic N) is 1. The van der Waals surface area contributed by atoms with E-state index in [0.29, 0.717) is 0 Å². The molecule has 0 N–H and O–H groups in total. The van der Waals surface area contributed by atoms with Gasteiger partial charge in [-0.05, 0) is 6.92 Å². The fraction of sp³-hybridized carbons (Fsp3) is 0.500. The van der Waals surface area contributed by atoms with Crippen molar-refractivity contribution >= 4 is 22.4 Å². The highest BCUT2D eigenvalue weighted by molar-refractivity contribution is 9.08. The molecule has 0 aliphatic rings. The van der Waals surface area contributed by atoms with Gasteiger partial charge in [0.15, 0.2) is 0 Å². The summed E-state index contributed by atoms with van der Waals surface area (Å²) in [6.45, 7) is 1.84. The SMILES string of the molecule is CC=NBr. The van der Waals surface area contributed by atoms with Crippen molar-refractivity contribution in [2.75, 3.05) is 0 Å². The molecule has 0 heterocycles. The van der Waals surface area contributed by atoms with E-state index in [1.54, 1.807) is 6.21 Å². The van der Waals surface area contributed by atoms with Crippen LogP contribution in [0.1, 0.15) is 6.92 Å². The Bertz CT molecular complexity index is 21.2. The Balaban J connectivity index is 2.55. The van der Waals surface area contributed by atoms with Gasteiger partial charge in [-0.15, -0.1) is 0 Å². The van der Waals surface area contributed by atoms with Crippen molar-refractivity contribution in [3.63, 3.8) is 0 Å². The summed E-state index contributed by atoms with van der Waals surface area (Å²) in [6.07, 6.45) is 1.67. The lowest BCUT2D eigenvalue weighted by atomic mass is 10.9. The van der Waals surface area contributed by atoms with Gasteiger partial charge >= 0.3 is 0 Å². The van der Waals surface area contributed by atoms with Crippen molar-refractivity contribution < 1.29 is 0 Å². The first-order chi connectivity index (χ1) is 1.91. The predicted octanol–water partition coefficient (Wildman–Crippen LogP) is 1.39. The van der Waals surface area contributed by atoms with Crippen molar-refractivity contribution in [2.45, 2.75) is 6.92 Å². The van der Waals surface area contributed by atoms with Crippen LogP contribution < -0.4 is 0 Å². The van der Waals surface area contributed by atoms with Crippen molar-refractivity contribution in [1.82, 2.24) is 0 Å². The Kier molecular flexibility index (Phi) is 3.27. The molecule has 0 saturated heterocycles. The maximum absolute atomic E-state index is 3.42. The Hall–Kier alpha value is 0.150. The van der Waals surface area contributed by atoms with Crippen molar-refractivity contribution in [1.29, 1.82) is 0 Å². The van der Waals surface area contributed by atoms with E-state index in [-0.39, 0.29) is 0 Å². The molecule has 0 aromatic heterocycles. The maximum Gasteiger partial charge on any atom is 0.0729 e. The van der Waals surface area contributed by atoms with E-state index in [0.717, 1.165) is 0 Å². The molecule has 24 valence electrons. The normalized spacial score (nSPS) is 9.50. The Morgan fingerprint density at radius 1 is 2.00 bits per heavy atom. The lowest BCUT2D eigenvalue weighted by Gasteiger charge is -1.48. The summed E-state index contributed by atoms with van der Waals surface area (Å²) in [6, 6.07) is 0. The number of hydrogen-bond acceptors (Lipinski definition) is 1. The second kappa shape index (κ2) is 3.15. The minimum absolute atomic E-state index is 1.67. The zero-order valence-electron chi connectivity index (χ0n) is 2.40. The van der Waals surface area contributed by atoms with Gasteiger partial charge in [0.05, 0.1) is 16.1 Å². The first-order valence-electron chi connectivity index (χ1n) is 1.00. The minimum atomic E-state index is 1.67. The van der Waals surface area contributed by atoms with Crippen LogP contribution in [-0.4, -0.2) is 6.21 Å². The summed E-state index contributed by atoms with van der Waals surface area (Å²) < 4.78 is 3.42. The molecule has 0 aromatic rings. The fourth-order valence-electron chi connectivity index (χ4n) is 0. The molecule has 0 bridgehead atoms. The van der Waals surface area contributed by atoms with Crippen molar-refractivity contribution in [2.24, 2.45) is 4.02 Å². The first kappa shape index (κ1) is 4.15. The van der Waals surface area contributed by atoms with Gasteiger partial charge in [0.25, 0.3) is 0 Å². The first-order valence-corrected chi connectivity index (χ1v) is 1.71. The van der Waals surface area contributed by atoms with Gasteiger partial charge in [0.2, 0.25) is 0 Å². The standard InChI is InChI=1S/C2H4BrN/c1-2-4-3/h2H,1H3. The molecule has 0 fully saturated rings. The summed E-state index contributed by atoms with van der Waals surface area (Å²) >= 11 is 2.82. The molecule has 0 amide bonds. The van der Waals surface area contributed by atoms with Crippen LogP contribution in [0.5, 0.6) is 0 Å². The van der Waals surface area contributed by atoms with Crippen molar-refractivity contribution in [3.8, 4) is 0 Å². The van der Waals surface area contributed by atoms with Crippen LogP contribution in [0.2, 0.25) is 0 Å².